The number of nitrogens with zero attached hydrogens (tertiary/aromatic N) is 1. The van der Waals surface area contributed by atoms with E-state index in [4.69, 9.17) is 23.2 Å². The predicted octanol–water partition coefficient (Wildman–Crippen LogP) is 5.25. The number of benzene rings is 2. The first-order valence-corrected chi connectivity index (χ1v) is 6.98. The molecule has 0 aliphatic rings. The molecule has 0 unspecified atom stereocenters. The van der Waals surface area contributed by atoms with Crippen LogP contribution in [-0.4, -0.2) is 12.0 Å². The van der Waals surface area contributed by atoms with Crippen LogP contribution in [0.3, 0.4) is 0 Å². The maximum Gasteiger partial charge on any atom is 0.0931 e. The minimum Gasteiger partial charge on any atom is -0.388 e. The molecule has 100 valence electrons. The van der Waals surface area contributed by atoms with Crippen LogP contribution < -0.4 is 5.32 Å². The Kier molecular flexibility index (Phi) is 3.51. The van der Waals surface area contributed by atoms with Gasteiger partial charge in [0.25, 0.3) is 0 Å². The monoisotopic (exact) mass is 302 g/mol. The molecule has 20 heavy (non-hydrogen) atoms. The summed E-state index contributed by atoms with van der Waals surface area (Å²) in [5.74, 6) is 0. The number of halogens is 2. The van der Waals surface area contributed by atoms with E-state index in [0.717, 1.165) is 22.3 Å². The highest BCUT2D eigenvalue weighted by molar-refractivity contribution is 6.45. The summed E-state index contributed by atoms with van der Waals surface area (Å²) >= 11 is 12.4. The van der Waals surface area contributed by atoms with Gasteiger partial charge in [-0.25, -0.2) is 4.98 Å². The van der Waals surface area contributed by atoms with E-state index in [1.54, 1.807) is 6.07 Å². The van der Waals surface area contributed by atoms with E-state index in [1.165, 1.54) is 0 Å². The van der Waals surface area contributed by atoms with E-state index in [2.05, 4.69) is 10.3 Å². The van der Waals surface area contributed by atoms with Gasteiger partial charge in [-0.1, -0.05) is 53.5 Å². The van der Waals surface area contributed by atoms with Crippen molar-refractivity contribution in [3.8, 4) is 11.3 Å². The van der Waals surface area contributed by atoms with Gasteiger partial charge in [0.15, 0.2) is 0 Å². The van der Waals surface area contributed by atoms with Crippen molar-refractivity contribution < 1.29 is 0 Å². The van der Waals surface area contributed by atoms with Crippen molar-refractivity contribution in [3.63, 3.8) is 0 Å². The van der Waals surface area contributed by atoms with Crippen molar-refractivity contribution in [2.75, 3.05) is 12.4 Å². The second-order valence-electron chi connectivity index (χ2n) is 4.43. The Bertz CT molecular complexity index is 770. The molecule has 3 rings (SSSR count). The molecule has 4 heteroatoms. The molecule has 0 radical (unpaired) electrons. The molecule has 3 aromatic rings. The van der Waals surface area contributed by atoms with Crippen LogP contribution in [0.1, 0.15) is 0 Å². The van der Waals surface area contributed by atoms with Crippen LogP contribution in [0.25, 0.3) is 22.2 Å². The Hall–Kier alpha value is -1.77. The number of aromatic nitrogens is 1. The van der Waals surface area contributed by atoms with Crippen LogP contribution in [0.4, 0.5) is 5.69 Å². The molecule has 1 aromatic heterocycles. The van der Waals surface area contributed by atoms with Crippen molar-refractivity contribution in [2.45, 2.75) is 0 Å². The fraction of sp³-hybridized carbons (Fsp3) is 0.0625. The molecular formula is C16H12Cl2N2. The average Bonchev–Trinajstić information content (AvgIpc) is 2.51. The van der Waals surface area contributed by atoms with Gasteiger partial charge in [-0.3, -0.25) is 0 Å². The van der Waals surface area contributed by atoms with E-state index in [0.29, 0.717) is 15.6 Å². The Morgan fingerprint density at radius 3 is 2.45 bits per heavy atom. The minimum atomic E-state index is 0.485. The van der Waals surface area contributed by atoms with Gasteiger partial charge < -0.3 is 5.32 Å². The second kappa shape index (κ2) is 5.31. The fourth-order valence-corrected chi connectivity index (χ4v) is 2.56. The van der Waals surface area contributed by atoms with Crippen molar-refractivity contribution in [2.24, 2.45) is 0 Å². The van der Waals surface area contributed by atoms with Crippen LogP contribution in [0.15, 0.2) is 48.5 Å². The smallest absolute Gasteiger partial charge is 0.0931 e. The van der Waals surface area contributed by atoms with Crippen LogP contribution in [0, 0.1) is 0 Å². The van der Waals surface area contributed by atoms with Crippen molar-refractivity contribution >= 4 is 39.8 Å². The topological polar surface area (TPSA) is 24.9 Å². The lowest BCUT2D eigenvalue weighted by molar-refractivity contribution is 1.38. The fourth-order valence-electron chi connectivity index (χ4n) is 2.20. The van der Waals surface area contributed by atoms with E-state index in [9.17, 15) is 0 Å². The lowest BCUT2D eigenvalue weighted by Gasteiger charge is -2.11. The largest absolute Gasteiger partial charge is 0.388 e. The quantitative estimate of drug-likeness (QED) is 0.699. The first-order chi connectivity index (χ1) is 9.70. The molecule has 1 heterocycles. The molecule has 2 nitrogen and oxygen atoms in total. The first kappa shape index (κ1) is 13.2. The third kappa shape index (κ3) is 2.21. The maximum absolute atomic E-state index is 6.29. The number of rotatable bonds is 2. The zero-order valence-electron chi connectivity index (χ0n) is 10.8. The molecule has 0 bridgehead atoms. The van der Waals surface area contributed by atoms with Crippen molar-refractivity contribution in [1.29, 1.82) is 0 Å². The Morgan fingerprint density at radius 1 is 1.00 bits per heavy atom. The highest BCUT2D eigenvalue weighted by Crippen LogP contribution is 2.35. The van der Waals surface area contributed by atoms with Gasteiger partial charge in [0, 0.05) is 23.7 Å². The Balaban J connectivity index is 2.33. The van der Waals surface area contributed by atoms with Gasteiger partial charge in [-0.05, 0) is 18.2 Å². The molecule has 0 saturated carbocycles. The number of hydrogen-bond acceptors (Lipinski definition) is 2. The van der Waals surface area contributed by atoms with Crippen LogP contribution in [0.5, 0.6) is 0 Å². The van der Waals surface area contributed by atoms with E-state index >= 15 is 0 Å². The molecule has 0 saturated heterocycles. The molecule has 0 aliphatic carbocycles. The van der Waals surface area contributed by atoms with Gasteiger partial charge in [0.2, 0.25) is 0 Å². The van der Waals surface area contributed by atoms with Gasteiger partial charge >= 0.3 is 0 Å². The van der Waals surface area contributed by atoms with Crippen molar-refractivity contribution in [3.05, 3.63) is 58.6 Å². The minimum absolute atomic E-state index is 0.485. The third-order valence-corrected chi connectivity index (χ3v) is 4.01. The molecule has 0 spiro atoms. The number of hydrogen-bond donors (Lipinski definition) is 1. The second-order valence-corrected chi connectivity index (χ2v) is 5.21. The number of anilines is 1. The Labute approximate surface area is 127 Å². The average molecular weight is 303 g/mol. The predicted molar refractivity (Wildman–Crippen MR) is 86.7 cm³/mol. The zero-order valence-corrected chi connectivity index (χ0v) is 12.3. The SMILES string of the molecule is CNc1cc(-c2ccccc2)nc2c(Cl)c(Cl)ccc12. The van der Waals surface area contributed by atoms with E-state index in [1.807, 2.05) is 49.5 Å². The number of pyridine rings is 1. The molecule has 1 N–H and O–H groups in total. The summed E-state index contributed by atoms with van der Waals surface area (Å²) < 4.78 is 0. The summed E-state index contributed by atoms with van der Waals surface area (Å²) in [5, 5.41) is 5.14. The maximum atomic E-state index is 6.29. The van der Waals surface area contributed by atoms with Gasteiger partial charge in [-0.15, -0.1) is 0 Å². The Morgan fingerprint density at radius 2 is 1.75 bits per heavy atom. The van der Waals surface area contributed by atoms with Crippen molar-refractivity contribution in [1.82, 2.24) is 4.98 Å². The highest BCUT2D eigenvalue weighted by Gasteiger charge is 2.11. The number of fused-ring (bicyclic) bond motifs is 1. The summed E-state index contributed by atoms with van der Waals surface area (Å²) in [5.41, 5.74) is 3.60. The normalized spacial score (nSPS) is 10.8. The zero-order chi connectivity index (χ0) is 14.1. The van der Waals surface area contributed by atoms with Gasteiger partial charge in [0.1, 0.15) is 0 Å². The lowest BCUT2D eigenvalue weighted by Crippen LogP contribution is -1.94. The third-order valence-electron chi connectivity index (χ3n) is 3.21. The van der Waals surface area contributed by atoms with Gasteiger partial charge in [-0.2, -0.15) is 0 Å². The standard InChI is InChI=1S/C16H12Cl2N2/c1-19-14-9-13(10-5-3-2-4-6-10)20-16-11(14)7-8-12(17)15(16)18/h2-9H,1H3,(H,19,20). The van der Waals surface area contributed by atoms with Crippen LogP contribution in [0.2, 0.25) is 10.0 Å². The van der Waals surface area contributed by atoms with Crippen LogP contribution in [-0.2, 0) is 0 Å². The molecule has 0 atom stereocenters. The molecule has 0 amide bonds. The molecule has 0 fully saturated rings. The van der Waals surface area contributed by atoms with Crippen LogP contribution >= 0.6 is 23.2 Å². The summed E-state index contributed by atoms with van der Waals surface area (Å²) in [4.78, 5) is 4.66. The molecule has 2 aromatic carbocycles. The highest BCUT2D eigenvalue weighted by atomic mass is 35.5. The summed E-state index contributed by atoms with van der Waals surface area (Å²) in [6.45, 7) is 0. The van der Waals surface area contributed by atoms with E-state index in [-0.39, 0.29) is 0 Å². The van der Waals surface area contributed by atoms with Gasteiger partial charge in [0.05, 0.1) is 21.3 Å². The first-order valence-electron chi connectivity index (χ1n) is 6.22. The van der Waals surface area contributed by atoms with E-state index < -0.39 is 0 Å². The molecular weight excluding hydrogens is 291 g/mol. The number of nitrogens with one attached hydrogen (secondary N) is 1. The summed E-state index contributed by atoms with van der Waals surface area (Å²) in [6.07, 6.45) is 0. The lowest BCUT2D eigenvalue weighted by atomic mass is 10.1. The summed E-state index contributed by atoms with van der Waals surface area (Å²) in [7, 11) is 1.88. The molecule has 0 aliphatic heterocycles. The summed E-state index contributed by atoms with van der Waals surface area (Å²) in [6, 6.07) is 15.7.